The quantitative estimate of drug-likeness (QED) is 0.299. The maximum absolute atomic E-state index is 11.6. The van der Waals surface area contributed by atoms with Gasteiger partial charge in [-0.2, -0.15) is 11.8 Å². The second kappa shape index (κ2) is 6.53. The van der Waals surface area contributed by atoms with Crippen molar-refractivity contribution < 1.29 is 10.0 Å². The second-order valence-electron chi connectivity index (χ2n) is 3.00. The lowest BCUT2D eigenvalue weighted by atomic mass is 10.1. The van der Waals surface area contributed by atoms with E-state index in [1.807, 2.05) is 6.26 Å². The SMILES string of the molecule is CSCCN(C)C(=O)C(C)C(N)=NO. The first-order chi connectivity index (χ1) is 6.54. The molecule has 0 aromatic heterocycles. The number of amides is 1. The van der Waals surface area contributed by atoms with Crippen LogP contribution >= 0.6 is 11.8 Å². The van der Waals surface area contributed by atoms with Gasteiger partial charge in [-0.15, -0.1) is 0 Å². The van der Waals surface area contributed by atoms with Crippen molar-refractivity contribution in [3.8, 4) is 0 Å². The van der Waals surface area contributed by atoms with Gasteiger partial charge in [0.2, 0.25) is 5.91 Å². The summed E-state index contributed by atoms with van der Waals surface area (Å²) in [6.07, 6.45) is 1.98. The molecule has 3 N–H and O–H groups in total. The van der Waals surface area contributed by atoms with Gasteiger partial charge in [-0.1, -0.05) is 5.16 Å². The molecule has 6 heteroatoms. The lowest BCUT2D eigenvalue weighted by Gasteiger charge is -2.20. The van der Waals surface area contributed by atoms with Crippen LogP contribution in [0.3, 0.4) is 0 Å². The topological polar surface area (TPSA) is 78.9 Å². The molecule has 14 heavy (non-hydrogen) atoms. The Morgan fingerprint density at radius 1 is 1.71 bits per heavy atom. The van der Waals surface area contributed by atoms with Crippen molar-refractivity contribution in [3.05, 3.63) is 0 Å². The van der Waals surface area contributed by atoms with Gasteiger partial charge in [-0.3, -0.25) is 4.79 Å². The van der Waals surface area contributed by atoms with Crippen LogP contribution in [0.2, 0.25) is 0 Å². The molecule has 0 rings (SSSR count). The number of hydrogen-bond donors (Lipinski definition) is 2. The predicted molar refractivity (Wildman–Crippen MR) is 58.6 cm³/mol. The zero-order valence-corrected chi connectivity index (χ0v) is 9.54. The summed E-state index contributed by atoms with van der Waals surface area (Å²) in [5.74, 6) is 0.137. The molecule has 0 aliphatic heterocycles. The van der Waals surface area contributed by atoms with Crippen molar-refractivity contribution in [2.45, 2.75) is 6.92 Å². The van der Waals surface area contributed by atoms with Crippen LogP contribution in [-0.2, 0) is 4.79 Å². The minimum absolute atomic E-state index is 0.0500. The summed E-state index contributed by atoms with van der Waals surface area (Å²) >= 11 is 1.67. The number of amidine groups is 1. The van der Waals surface area contributed by atoms with Crippen LogP contribution in [-0.4, -0.2) is 47.5 Å². The number of carbonyl (C=O) groups excluding carboxylic acids is 1. The Morgan fingerprint density at radius 3 is 2.71 bits per heavy atom. The minimum Gasteiger partial charge on any atom is -0.409 e. The van der Waals surface area contributed by atoms with Gasteiger partial charge in [0.25, 0.3) is 0 Å². The molecule has 82 valence electrons. The van der Waals surface area contributed by atoms with Crippen molar-refractivity contribution >= 4 is 23.5 Å². The molecular formula is C8H17N3O2S. The van der Waals surface area contributed by atoms with Crippen molar-refractivity contribution in [3.63, 3.8) is 0 Å². The number of carbonyl (C=O) groups is 1. The summed E-state index contributed by atoms with van der Waals surface area (Å²) in [5.41, 5.74) is 5.33. The molecule has 0 saturated carbocycles. The van der Waals surface area contributed by atoms with E-state index >= 15 is 0 Å². The van der Waals surface area contributed by atoms with E-state index in [0.29, 0.717) is 6.54 Å². The number of thioether (sulfide) groups is 1. The Hall–Kier alpha value is -0.910. The lowest BCUT2D eigenvalue weighted by molar-refractivity contribution is -0.131. The molecule has 5 nitrogen and oxygen atoms in total. The Kier molecular flexibility index (Phi) is 6.11. The summed E-state index contributed by atoms with van der Waals surface area (Å²) in [6, 6.07) is 0. The van der Waals surface area contributed by atoms with Gasteiger partial charge in [-0.05, 0) is 13.2 Å². The van der Waals surface area contributed by atoms with Crippen LogP contribution in [0, 0.1) is 5.92 Å². The Balaban J connectivity index is 4.17. The minimum atomic E-state index is -0.563. The van der Waals surface area contributed by atoms with E-state index in [-0.39, 0.29) is 11.7 Å². The molecule has 0 aliphatic rings. The molecule has 1 amide bonds. The third-order valence-corrected chi connectivity index (χ3v) is 2.53. The van der Waals surface area contributed by atoms with Crippen LogP contribution in [0.5, 0.6) is 0 Å². The van der Waals surface area contributed by atoms with E-state index in [9.17, 15) is 4.79 Å². The highest BCUT2D eigenvalue weighted by Gasteiger charge is 2.20. The number of nitrogens with zero attached hydrogens (tertiary/aromatic N) is 2. The van der Waals surface area contributed by atoms with Crippen LogP contribution in [0.25, 0.3) is 0 Å². The number of hydrogen-bond acceptors (Lipinski definition) is 4. The van der Waals surface area contributed by atoms with Crippen molar-refractivity contribution in [2.24, 2.45) is 16.8 Å². The number of oxime groups is 1. The zero-order valence-electron chi connectivity index (χ0n) is 8.73. The van der Waals surface area contributed by atoms with E-state index in [0.717, 1.165) is 5.75 Å². The summed E-state index contributed by atoms with van der Waals surface area (Å²) < 4.78 is 0. The Bertz CT molecular complexity index is 221. The zero-order chi connectivity index (χ0) is 11.1. The molecule has 0 radical (unpaired) electrons. The van der Waals surface area contributed by atoms with E-state index in [4.69, 9.17) is 10.9 Å². The van der Waals surface area contributed by atoms with E-state index < -0.39 is 5.92 Å². The molecule has 0 fully saturated rings. The highest BCUT2D eigenvalue weighted by molar-refractivity contribution is 7.98. The molecule has 1 atom stereocenters. The largest absolute Gasteiger partial charge is 0.409 e. The van der Waals surface area contributed by atoms with E-state index in [1.165, 1.54) is 0 Å². The first-order valence-corrected chi connectivity index (χ1v) is 5.65. The maximum Gasteiger partial charge on any atom is 0.232 e. The highest BCUT2D eigenvalue weighted by atomic mass is 32.2. The fraction of sp³-hybridized carbons (Fsp3) is 0.750. The summed E-state index contributed by atoms with van der Waals surface area (Å²) in [4.78, 5) is 13.2. The molecular weight excluding hydrogens is 202 g/mol. The molecule has 0 aromatic carbocycles. The van der Waals surface area contributed by atoms with Gasteiger partial charge in [0.15, 0.2) is 5.84 Å². The summed E-state index contributed by atoms with van der Waals surface area (Å²) in [5, 5.41) is 11.2. The van der Waals surface area contributed by atoms with Gasteiger partial charge in [0.1, 0.15) is 0 Å². The molecule has 0 bridgehead atoms. The van der Waals surface area contributed by atoms with Gasteiger partial charge in [0.05, 0.1) is 5.92 Å². The first kappa shape index (κ1) is 13.1. The van der Waals surface area contributed by atoms with E-state index in [1.54, 1.807) is 30.6 Å². The van der Waals surface area contributed by atoms with Gasteiger partial charge in [-0.25, -0.2) is 0 Å². The van der Waals surface area contributed by atoms with Gasteiger partial charge >= 0.3 is 0 Å². The number of rotatable bonds is 5. The summed E-state index contributed by atoms with van der Waals surface area (Å²) in [6.45, 7) is 2.29. The van der Waals surface area contributed by atoms with E-state index in [2.05, 4.69) is 5.16 Å². The third kappa shape index (κ3) is 3.87. The smallest absolute Gasteiger partial charge is 0.232 e. The molecule has 0 aromatic rings. The molecule has 0 aliphatic carbocycles. The lowest BCUT2D eigenvalue weighted by Crippen LogP contribution is -2.39. The average molecular weight is 219 g/mol. The normalized spacial score (nSPS) is 13.8. The van der Waals surface area contributed by atoms with Crippen molar-refractivity contribution in [1.82, 2.24) is 4.90 Å². The van der Waals surface area contributed by atoms with Gasteiger partial charge < -0.3 is 15.8 Å². The average Bonchev–Trinajstić information content (AvgIpc) is 2.22. The molecule has 0 spiro atoms. The Labute approximate surface area is 88.3 Å². The number of nitrogens with two attached hydrogens (primary N) is 1. The van der Waals surface area contributed by atoms with Crippen molar-refractivity contribution in [1.29, 1.82) is 0 Å². The van der Waals surface area contributed by atoms with Gasteiger partial charge in [0, 0.05) is 19.3 Å². The monoisotopic (exact) mass is 219 g/mol. The van der Waals surface area contributed by atoms with Crippen LogP contribution < -0.4 is 5.73 Å². The fourth-order valence-corrected chi connectivity index (χ4v) is 1.34. The maximum atomic E-state index is 11.6. The van der Waals surface area contributed by atoms with Crippen LogP contribution in [0.1, 0.15) is 6.92 Å². The third-order valence-electron chi connectivity index (χ3n) is 1.94. The first-order valence-electron chi connectivity index (χ1n) is 4.26. The molecule has 1 unspecified atom stereocenters. The Morgan fingerprint density at radius 2 is 2.29 bits per heavy atom. The molecule has 0 heterocycles. The van der Waals surface area contributed by atoms with Crippen LogP contribution in [0.4, 0.5) is 0 Å². The second-order valence-corrected chi connectivity index (χ2v) is 3.98. The predicted octanol–water partition coefficient (Wildman–Crippen LogP) is 0.190. The standard InChI is InChI=1S/C8H17N3O2S/c1-6(7(9)10-13)8(12)11(2)4-5-14-3/h6,13H,4-5H2,1-3H3,(H2,9,10). The molecule has 0 saturated heterocycles. The fourth-order valence-electron chi connectivity index (χ4n) is 0.882. The summed E-state index contributed by atoms with van der Waals surface area (Å²) in [7, 11) is 1.71. The van der Waals surface area contributed by atoms with Crippen LogP contribution in [0.15, 0.2) is 5.16 Å². The highest BCUT2D eigenvalue weighted by Crippen LogP contribution is 2.02. The van der Waals surface area contributed by atoms with Crippen molar-refractivity contribution in [2.75, 3.05) is 25.6 Å².